The number of ether oxygens (including phenoxy) is 15. The van der Waals surface area contributed by atoms with E-state index in [4.69, 9.17) is 71.1 Å². The number of fused-ring (bicyclic) bond motifs is 7. The molecule has 5 aliphatic carbocycles. The standard InChI is InChI=1S/C72H112O37/c1-25-38(79)42(83)47(88)61(97-25)106-55-52(100-28(4)75)27(3)99-64(57(55)108-62-49(90)44(85)51(26(2)98-62)103-59-45(86)39(80)31(76)22-95-59)109-66(94)72-18-17-67(5,6)19-30(72)29-11-12-35-68(7)15-14-37(69(8,24-74)34(68)13-16-70(35,9)71(29,10)20-36(72)78)102-65-56(107-63-48(89)43(84)41(82)33(21-73)101-63)53(50(91)54(105-65)58(92)93)104-60-46(87)40(81)32(77)23-96-60/h11,24-27,30-57,59-65,73,76-91H,12-23H2,1-10H3,(H,92,93)/t25-,26-,27+,30-,31+,32+,33+,34+,35+,36+,37-,38-,39-,40-,41-,42+,43-,44-,45+,46+,47+,48+,49+,50-,51-,52-,53-,54-,55-,56+,57+,59-,60-,61-,62-,63-,64-,65+,68-,69-,70+,71+,72+/m0/s1. The first-order chi connectivity index (χ1) is 51.0. The van der Waals surface area contributed by atoms with Crippen molar-refractivity contribution in [3.8, 4) is 0 Å². The molecule has 4 saturated carbocycles. The van der Waals surface area contributed by atoms with Crippen LogP contribution in [-0.2, 0) is 90.2 Å². The first-order valence-corrected chi connectivity index (χ1v) is 37.8. The second-order valence-corrected chi connectivity index (χ2v) is 34.1. The van der Waals surface area contributed by atoms with Gasteiger partial charge in [-0.3, -0.25) is 9.59 Å². The molecule has 0 aromatic heterocycles. The van der Waals surface area contributed by atoms with E-state index in [1.54, 1.807) is 6.92 Å². The van der Waals surface area contributed by atoms with Crippen molar-refractivity contribution in [3.05, 3.63) is 11.6 Å². The molecule has 43 atom stereocenters. The van der Waals surface area contributed by atoms with Crippen molar-refractivity contribution in [2.24, 2.45) is 50.2 Å². The molecule has 0 aromatic rings. The van der Waals surface area contributed by atoms with Gasteiger partial charge in [-0.2, -0.15) is 0 Å². The lowest BCUT2D eigenvalue weighted by atomic mass is 9.33. The summed E-state index contributed by atoms with van der Waals surface area (Å²) in [5.41, 5.74) is -5.19. The van der Waals surface area contributed by atoms with Crippen LogP contribution in [0.15, 0.2) is 11.6 Å². The summed E-state index contributed by atoms with van der Waals surface area (Å²) in [4.78, 5) is 56.7. The van der Waals surface area contributed by atoms with E-state index in [9.17, 15) is 106 Å². The summed E-state index contributed by atoms with van der Waals surface area (Å²) in [6, 6.07) is 0. The molecule has 0 spiro atoms. The lowest BCUT2D eigenvalue weighted by Gasteiger charge is -2.71. The summed E-state index contributed by atoms with van der Waals surface area (Å²) < 4.78 is 91.6. The van der Waals surface area contributed by atoms with Gasteiger partial charge in [0.15, 0.2) is 56.1 Å². The van der Waals surface area contributed by atoms with Crippen molar-refractivity contribution in [2.75, 3.05) is 19.8 Å². The Morgan fingerprint density at radius 2 is 1.02 bits per heavy atom. The number of aldehydes is 1. The third-order valence-corrected chi connectivity index (χ3v) is 27.1. The number of allylic oxidation sites excluding steroid dienone is 2. The third kappa shape index (κ3) is 14.8. The Kier molecular flexibility index (Phi) is 24.9. The molecule has 622 valence electrons. The van der Waals surface area contributed by atoms with E-state index in [2.05, 4.69) is 40.7 Å². The first-order valence-electron chi connectivity index (χ1n) is 37.8. The van der Waals surface area contributed by atoms with Crippen LogP contribution in [0.4, 0.5) is 0 Å². The summed E-state index contributed by atoms with van der Waals surface area (Å²) in [5.74, 6) is -5.15. The smallest absolute Gasteiger partial charge is 0.335 e. The SMILES string of the molecule is CC(=O)O[C@@H]1[C@H](O[C@@H]2O[C@@H](C)[C@H](O)[C@@H](O)[C@H]2O)[C@@H](O[C@@H]2O[C@@H](C)[C@H](O[C@@H]3OC[C@@H](O)[C@H](O)[C@H]3O)[C@@H](O)[C@H]2O)[C@H](OC(=O)[C@]23CCC(C)(C)C[C@H]2C2=CC[C@@H]4[C@@]5(C)CC[C@H](O[C@@H]6O[C@H](C(=O)O)[C@@H](O)[C@H](O[C@@H]7OC[C@@H](O)[C@H](O)[C@H]7O)[C@H]6O[C@@H]6O[C@H](CO)[C@H](O)[C@H](O)[C@H]6O)[C@@](C)(C=O)[C@@H]5CC[C@@]4(C)[C@]2(C)C[C@H]3O)O[C@@H]1C. The van der Waals surface area contributed by atoms with E-state index in [1.807, 2.05) is 0 Å². The Bertz CT molecular complexity index is 3240. The van der Waals surface area contributed by atoms with Crippen LogP contribution in [0.3, 0.4) is 0 Å². The largest absolute Gasteiger partial charge is 0.479 e. The summed E-state index contributed by atoms with van der Waals surface area (Å²) in [6.07, 6.45) is -57.2. The Morgan fingerprint density at radius 1 is 0.495 bits per heavy atom. The van der Waals surface area contributed by atoms with Gasteiger partial charge in [-0.15, -0.1) is 0 Å². The number of esters is 2. The molecule has 0 radical (unpaired) electrons. The lowest BCUT2D eigenvalue weighted by Crippen LogP contribution is -2.69. The van der Waals surface area contributed by atoms with E-state index in [-0.39, 0.29) is 25.2 Å². The summed E-state index contributed by atoms with van der Waals surface area (Å²) in [5, 5.41) is 199. The van der Waals surface area contributed by atoms with Crippen LogP contribution in [-0.4, -0.2) is 351 Å². The summed E-state index contributed by atoms with van der Waals surface area (Å²) >= 11 is 0. The lowest BCUT2D eigenvalue weighted by molar-refractivity contribution is -0.391. The molecule has 109 heavy (non-hydrogen) atoms. The van der Waals surface area contributed by atoms with Crippen molar-refractivity contribution >= 4 is 24.2 Å². The molecule has 0 aromatic carbocycles. The molecular weight excluding hydrogens is 1460 g/mol. The van der Waals surface area contributed by atoms with Crippen LogP contribution >= 0.6 is 0 Å². The number of rotatable bonds is 18. The molecule has 0 bridgehead atoms. The van der Waals surface area contributed by atoms with Gasteiger partial charge in [0.25, 0.3) is 0 Å². The zero-order chi connectivity index (χ0) is 79.8. The van der Waals surface area contributed by atoms with Crippen molar-refractivity contribution in [1.82, 2.24) is 0 Å². The highest BCUT2D eigenvalue weighted by molar-refractivity contribution is 5.80. The highest BCUT2D eigenvalue weighted by Gasteiger charge is 2.73. The molecule has 12 rings (SSSR count). The van der Waals surface area contributed by atoms with E-state index in [0.717, 1.165) is 18.8 Å². The van der Waals surface area contributed by atoms with Gasteiger partial charge in [0.05, 0.1) is 55.8 Å². The van der Waals surface area contributed by atoms with Gasteiger partial charge < -0.3 is 168 Å². The van der Waals surface area contributed by atoms with E-state index in [0.29, 0.717) is 38.5 Å². The van der Waals surface area contributed by atoms with Crippen LogP contribution < -0.4 is 0 Å². The van der Waals surface area contributed by atoms with Crippen LogP contribution in [0.2, 0.25) is 0 Å². The van der Waals surface area contributed by atoms with Crippen LogP contribution in [0, 0.1) is 50.2 Å². The van der Waals surface area contributed by atoms with Crippen LogP contribution in [0.1, 0.15) is 127 Å². The molecule has 7 aliphatic heterocycles. The predicted octanol–water partition coefficient (Wildman–Crippen LogP) is -5.39. The second kappa shape index (κ2) is 31.9. The van der Waals surface area contributed by atoms with E-state index < -0.39 is 297 Å². The van der Waals surface area contributed by atoms with Gasteiger partial charge >= 0.3 is 17.9 Å². The fourth-order valence-corrected chi connectivity index (χ4v) is 20.5. The molecule has 12 aliphatic rings. The minimum absolute atomic E-state index is 0.0125. The number of carbonyl (C=O) groups excluding carboxylic acids is 3. The number of aliphatic hydroxyl groups is 17. The highest BCUT2D eigenvalue weighted by atomic mass is 16.8. The minimum atomic E-state index is -2.24. The van der Waals surface area contributed by atoms with Crippen molar-refractivity contribution in [2.45, 2.75) is 342 Å². The molecule has 37 nitrogen and oxygen atoms in total. The summed E-state index contributed by atoms with van der Waals surface area (Å²) in [7, 11) is 0. The van der Waals surface area contributed by atoms with Gasteiger partial charge in [0.2, 0.25) is 6.29 Å². The van der Waals surface area contributed by atoms with E-state index in [1.165, 1.54) is 20.8 Å². The summed E-state index contributed by atoms with van der Waals surface area (Å²) in [6.45, 7) is 15.4. The maximum Gasteiger partial charge on any atom is 0.335 e. The van der Waals surface area contributed by atoms with Crippen LogP contribution in [0.5, 0.6) is 0 Å². The number of hydrogen-bond donors (Lipinski definition) is 18. The molecule has 11 fully saturated rings. The fraction of sp³-hybridized carbons (Fsp3) is 0.917. The fourth-order valence-electron chi connectivity index (χ4n) is 20.5. The second-order valence-electron chi connectivity index (χ2n) is 34.1. The predicted molar refractivity (Wildman–Crippen MR) is 356 cm³/mol. The monoisotopic (exact) mass is 1570 g/mol. The van der Waals surface area contributed by atoms with Gasteiger partial charge in [-0.05, 0) is 118 Å². The molecule has 37 heteroatoms. The van der Waals surface area contributed by atoms with Crippen LogP contribution in [0.25, 0.3) is 0 Å². The van der Waals surface area contributed by atoms with Crippen molar-refractivity contribution in [3.63, 3.8) is 0 Å². The first kappa shape index (κ1) is 85.0. The zero-order valence-corrected chi connectivity index (χ0v) is 62.4. The Balaban J connectivity index is 0.848. The van der Waals surface area contributed by atoms with Gasteiger partial charge in [0.1, 0.15) is 134 Å². The molecule has 18 N–H and O–H groups in total. The molecule has 7 heterocycles. The van der Waals surface area contributed by atoms with E-state index >= 15 is 4.79 Å². The number of aliphatic hydroxyl groups excluding tert-OH is 17. The van der Waals surface area contributed by atoms with Crippen molar-refractivity contribution in [1.29, 1.82) is 0 Å². The minimum Gasteiger partial charge on any atom is -0.479 e. The number of carbonyl (C=O) groups is 4. The zero-order valence-electron chi connectivity index (χ0n) is 62.4. The number of hydrogen-bond acceptors (Lipinski definition) is 36. The number of carboxylic acids is 1. The average molecular weight is 1570 g/mol. The Labute approximate surface area is 628 Å². The molecular formula is C72H112O37. The quantitative estimate of drug-likeness (QED) is 0.0264. The highest BCUT2D eigenvalue weighted by Crippen LogP contribution is 2.76. The normalized spacial score (nSPS) is 54.1. The molecule has 0 unspecified atom stereocenters. The third-order valence-electron chi connectivity index (χ3n) is 27.1. The number of carboxylic acid groups (broad SMARTS) is 1. The van der Waals surface area contributed by atoms with Gasteiger partial charge in [-0.25, -0.2) is 4.79 Å². The molecule has 7 saturated heterocycles. The topological polar surface area (TPSA) is 571 Å². The van der Waals surface area contributed by atoms with Gasteiger partial charge in [0, 0.05) is 6.92 Å². The van der Waals surface area contributed by atoms with Crippen molar-refractivity contribution < 1.29 is 182 Å². The average Bonchev–Trinajstić information content (AvgIpc) is 0.669. The Hall–Kier alpha value is -3.38. The molecule has 0 amide bonds. The maximum atomic E-state index is 16.3. The van der Waals surface area contributed by atoms with Gasteiger partial charge in [-0.1, -0.05) is 53.2 Å². The maximum absolute atomic E-state index is 16.3. The number of aliphatic carboxylic acids is 1. The Morgan fingerprint density at radius 3 is 1.61 bits per heavy atom.